The molecular formula is C17H24O7. The second-order valence-electron chi connectivity index (χ2n) is 5.30. The third kappa shape index (κ3) is 8.89. The summed E-state index contributed by atoms with van der Waals surface area (Å²) in [4.78, 5) is 34.1. The predicted octanol–water partition coefficient (Wildman–Crippen LogP) is 1.59. The number of hydrogen-bond donors (Lipinski definition) is 0. The van der Waals surface area contributed by atoms with Gasteiger partial charge in [0.2, 0.25) is 0 Å². The van der Waals surface area contributed by atoms with Gasteiger partial charge in [0.05, 0.1) is 18.1 Å². The van der Waals surface area contributed by atoms with E-state index in [1.807, 2.05) is 13.8 Å². The Morgan fingerprint density at radius 2 is 1.12 bits per heavy atom. The molecule has 0 spiro atoms. The summed E-state index contributed by atoms with van der Waals surface area (Å²) in [5.74, 6) is -1.97. The number of carbonyl (C=O) groups excluding carboxylic acids is 3. The molecule has 24 heavy (non-hydrogen) atoms. The van der Waals surface area contributed by atoms with Crippen molar-refractivity contribution in [2.24, 2.45) is 5.41 Å². The van der Waals surface area contributed by atoms with E-state index in [0.717, 1.165) is 18.2 Å². The summed E-state index contributed by atoms with van der Waals surface area (Å²) >= 11 is 0. The van der Waals surface area contributed by atoms with Crippen LogP contribution >= 0.6 is 0 Å². The highest BCUT2D eigenvalue weighted by molar-refractivity contribution is 5.82. The zero-order chi connectivity index (χ0) is 18.6. The lowest BCUT2D eigenvalue weighted by Gasteiger charge is -2.32. The van der Waals surface area contributed by atoms with E-state index in [0.29, 0.717) is 0 Å². The van der Waals surface area contributed by atoms with Crippen molar-refractivity contribution in [3.8, 4) is 0 Å². The number of esters is 3. The molecule has 0 saturated carbocycles. The maximum Gasteiger partial charge on any atom is 0.330 e. The molecule has 0 N–H and O–H groups in total. The number of carbonyl (C=O) groups is 3. The third-order valence-electron chi connectivity index (χ3n) is 2.78. The summed E-state index contributed by atoms with van der Waals surface area (Å²) in [6.07, 6.45) is 2.86. The first-order chi connectivity index (χ1) is 11.3. The summed E-state index contributed by atoms with van der Waals surface area (Å²) in [7, 11) is 0. The molecule has 0 aliphatic carbocycles. The largest absolute Gasteiger partial charge is 0.462 e. The Morgan fingerprint density at radius 1 is 0.792 bits per heavy atom. The monoisotopic (exact) mass is 340 g/mol. The number of hydrogen-bond acceptors (Lipinski definition) is 7. The third-order valence-corrected chi connectivity index (χ3v) is 2.78. The van der Waals surface area contributed by atoms with Gasteiger partial charge in [0, 0.05) is 18.2 Å². The molecule has 0 aromatic rings. The van der Waals surface area contributed by atoms with Crippen LogP contribution in [0.2, 0.25) is 0 Å². The topological polar surface area (TPSA) is 88.1 Å². The van der Waals surface area contributed by atoms with Crippen LogP contribution in [0.25, 0.3) is 0 Å². The molecule has 0 aliphatic heterocycles. The Labute approximate surface area is 141 Å². The lowest BCUT2D eigenvalue weighted by atomic mass is 9.92. The minimum absolute atomic E-state index is 0.0317. The second-order valence-corrected chi connectivity index (χ2v) is 5.30. The fraction of sp³-hybridized carbons (Fsp3) is 0.471. The van der Waals surface area contributed by atoms with Gasteiger partial charge in [0.15, 0.2) is 0 Å². The first kappa shape index (κ1) is 21.6. The van der Waals surface area contributed by atoms with E-state index in [9.17, 15) is 14.4 Å². The van der Waals surface area contributed by atoms with Crippen molar-refractivity contribution in [3.63, 3.8) is 0 Å². The Balaban J connectivity index is 5.24. The van der Waals surface area contributed by atoms with E-state index in [-0.39, 0.29) is 32.5 Å². The van der Waals surface area contributed by atoms with Crippen LogP contribution in [0.1, 0.15) is 13.8 Å². The summed E-state index contributed by atoms with van der Waals surface area (Å²) in [6, 6.07) is 0. The smallest absolute Gasteiger partial charge is 0.330 e. The molecule has 0 aromatic carbocycles. The molecule has 0 heterocycles. The number of rotatable bonds is 12. The van der Waals surface area contributed by atoms with Crippen molar-refractivity contribution >= 4 is 17.9 Å². The van der Waals surface area contributed by atoms with Crippen molar-refractivity contribution in [1.29, 1.82) is 0 Å². The van der Waals surface area contributed by atoms with E-state index in [2.05, 4.69) is 19.7 Å². The van der Waals surface area contributed by atoms with Gasteiger partial charge in [0.25, 0.3) is 0 Å². The van der Waals surface area contributed by atoms with Crippen LogP contribution in [0.3, 0.4) is 0 Å². The van der Waals surface area contributed by atoms with Crippen LogP contribution in [-0.4, -0.2) is 50.4 Å². The van der Waals surface area contributed by atoms with Gasteiger partial charge in [-0.1, -0.05) is 19.7 Å². The summed E-state index contributed by atoms with van der Waals surface area (Å²) in [5, 5.41) is 0. The Kier molecular flexibility index (Phi) is 10.1. The van der Waals surface area contributed by atoms with Crippen LogP contribution < -0.4 is 0 Å². The summed E-state index contributed by atoms with van der Waals surface area (Å²) in [5.41, 5.74) is -1.07. The maximum absolute atomic E-state index is 11.4. The molecule has 0 saturated heterocycles. The average Bonchev–Trinajstić information content (AvgIpc) is 2.59. The van der Waals surface area contributed by atoms with Gasteiger partial charge in [-0.05, 0) is 13.8 Å². The van der Waals surface area contributed by atoms with Crippen LogP contribution in [0.15, 0.2) is 38.0 Å². The van der Waals surface area contributed by atoms with Crippen LogP contribution in [0, 0.1) is 5.41 Å². The van der Waals surface area contributed by atoms with Gasteiger partial charge in [-0.25, -0.2) is 14.4 Å². The minimum atomic E-state index is -1.07. The minimum Gasteiger partial charge on any atom is -0.462 e. The van der Waals surface area contributed by atoms with E-state index in [1.165, 1.54) is 0 Å². The Bertz CT molecular complexity index is 420. The van der Waals surface area contributed by atoms with Crippen LogP contribution in [0.5, 0.6) is 0 Å². The SMILES string of the molecule is C=CC(=O)OCC(COC(=O)C=C)(COC(=O)C=C)COC(C)C. The fourth-order valence-electron chi connectivity index (χ4n) is 1.44. The van der Waals surface area contributed by atoms with Crippen molar-refractivity contribution in [3.05, 3.63) is 38.0 Å². The zero-order valence-electron chi connectivity index (χ0n) is 14.1. The summed E-state index contributed by atoms with van der Waals surface area (Å²) < 4.78 is 20.7. The molecule has 7 nitrogen and oxygen atoms in total. The van der Waals surface area contributed by atoms with Crippen molar-refractivity contribution in [2.75, 3.05) is 26.4 Å². The fourth-order valence-corrected chi connectivity index (χ4v) is 1.44. The van der Waals surface area contributed by atoms with E-state index in [4.69, 9.17) is 18.9 Å². The van der Waals surface area contributed by atoms with Gasteiger partial charge < -0.3 is 18.9 Å². The molecule has 0 unspecified atom stereocenters. The van der Waals surface area contributed by atoms with Crippen molar-refractivity contribution in [1.82, 2.24) is 0 Å². The van der Waals surface area contributed by atoms with Gasteiger partial charge in [-0.3, -0.25) is 0 Å². The molecule has 0 aliphatic rings. The van der Waals surface area contributed by atoms with Gasteiger partial charge in [0.1, 0.15) is 19.8 Å². The molecule has 0 atom stereocenters. The van der Waals surface area contributed by atoms with E-state index in [1.54, 1.807) is 0 Å². The molecule has 0 rings (SSSR count). The van der Waals surface area contributed by atoms with Gasteiger partial charge >= 0.3 is 17.9 Å². The number of ether oxygens (including phenoxy) is 4. The molecular weight excluding hydrogens is 316 g/mol. The first-order valence-corrected chi connectivity index (χ1v) is 7.27. The first-order valence-electron chi connectivity index (χ1n) is 7.27. The molecule has 0 amide bonds. The lowest BCUT2D eigenvalue weighted by molar-refractivity contribution is -0.162. The van der Waals surface area contributed by atoms with Gasteiger partial charge in [-0.2, -0.15) is 0 Å². The highest BCUT2D eigenvalue weighted by Crippen LogP contribution is 2.22. The normalized spacial score (nSPS) is 10.6. The standard InChI is InChI=1S/C17H24O7/c1-6-14(18)22-10-17(9-21-13(4)5,11-23-15(19)7-2)12-24-16(20)8-3/h6-8,13H,1-3,9-12H2,4-5H3. The van der Waals surface area contributed by atoms with Gasteiger partial charge in [-0.15, -0.1) is 0 Å². The van der Waals surface area contributed by atoms with E-state index < -0.39 is 23.3 Å². The maximum atomic E-state index is 11.4. The van der Waals surface area contributed by atoms with Crippen LogP contribution in [0.4, 0.5) is 0 Å². The highest BCUT2D eigenvalue weighted by Gasteiger charge is 2.36. The zero-order valence-corrected chi connectivity index (χ0v) is 14.1. The van der Waals surface area contributed by atoms with Crippen LogP contribution in [-0.2, 0) is 33.3 Å². The lowest BCUT2D eigenvalue weighted by Crippen LogP contribution is -2.43. The predicted molar refractivity (Wildman–Crippen MR) is 87.0 cm³/mol. The van der Waals surface area contributed by atoms with Crippen molar-refractivity contribution in [2.45, 2.75) is 20.0 Å². The Hall–Kier alpha value is -2.41. The highest BCUT2D eigenvalue weighted by atomic mass is 16.6. The Morgan fingerprint density at radius 3 is 1.38 bits per heavy atom. The molecule has 0 radical (unpaired) electrons. The molecule has 0 bridgehead atoms. The van der Waals surface area contributed by atoms with E-state index >= 15 is 0 Å². The molecule has 0 aromatic heterocycles. The quantitative estimate of drug-likeness (QED) is 0.303. The molecule has 0 fully saturated rings. The second kappa shape index (κ2) is 11.2. The van der Waals surface area contributed by atoms with Crippen molar-refractivity contribution < 1.29 is 33.3 Å². The summed E-state index contributed by atoms with van der Waals surface area (Å²) in [6.45, 7) is 13.0. The average molecular weight is 340 g/mol. The molecule has 134 valence electrons. The molecule has 7 heteroatoms.